The summed E-state index contributed by atoms with van der Waals surface area (Å²) in [4.78, 5) is 32.9. The normalized spacial score (nSPS) is 17.7. The third-order valence-corrected chi connectivity index (χ3v) is 6.03. The predicted octanol–water partition coefficient (Wildman–Crippen LogP) is 2.97. The van der Waals surface area contributed by atoms with Crippen LogP contribution in [0, 0.1) is 11.3 Å². The zero-order valence-corrected chi connectivity index (χ0v) is 17.3. The summed E-state index contributed by atoms with van der Waals surface area (Å²) in [5.74, 6) is -0.0750. The molecule has 1 atom stereocenters. The Morgan fingerprint density at radius 1 is 0.939 bits per heavy atom. The van der Waals surface area contributed by atoms with Gasteiger partial charge in [0.15, 0.2) is 11.5 Å². The van der Waals surface area contributed by atoms with Crippen LogP contribution in [-0.4, -0.2) is 27.2 Å². The standard InChI is InChI=1S/C25H16N6O2/c26-14-15-30-20-13-7-5-11-18(20)25(24(30)33)28-19-12-6-4-10-17(19)22-27-23(32)21(29-31(22)25)16-8-2-1-3-9-16/h1-13,28H,15H2. The highest BCUT2D eigenvalue weighted by molar-refractivity contribution is 6.11. The van der Waals surface area contributed by atoms with Gasteiger partial charge in [-0.1, -0.05) is 60.7 Å². The van der Waals surface area contributed by atoms with Crippen molar-refractivity contribution in [2.45, 2.75) is 5.66 Å². The Balaban J connectivity index is 1.72. The van der Waals surface area contributed by atoms with Crippen molar-refractivity contribution in [2.24, 2.45) is 0 Å². The second-order valence-corrected chi connectivity index (χ2v) is 7.81. The summed E-state index contributed by atoms with van der Waals surface area (Å²) in [6.07, 6.45) is 0. The van der Waals surface area contributed by atoms with Crippen LogP contribution >= 0.6 is 0 Å². The summed E-state index contributed by atoms with van der Waals surface area (Å²) in [7, 11) is 0. The molecule has 158 valence electrons. The summed E-state index contributed by atoms with van der Waals surface area (Å²) in [6.45, 7) is -0.116. The summed E-state index contributed by atoms with van der Waals surface area (Å²) in [5.41, 5.74) is 1.35. The van der Waals surface area contributed by atoms with Gasteiger partial charge in [-0.15, -0.1) is 0 Å². The van der Waals surface area contributed by atoms with Gasteiger partial charge in [0.2, 0.25) is 5.66 Å². The molecule has 8 heteroatoms. The van der Waals surface area contributed by atoms with Crippen molar-refractivity contribution in [3.8, 4) is 28.7 Å². The molecule has 0 aliphatic carbocycles. The maximum atomic E-state index is 14.0. The average Bonchev–Trinajstić information content (AvgIpc) is 3.08. The minimum Gasteiger partial charge on any atom is -0.349 e. The Hall–Kier alpha value is -4.77. The van der Waals surface area contributed by atoms with Gasteiger partial charge in [0.25, 0.3) is 11.5 Å². The molecule has 0 saturated carbocycles. The molecule has 0 saturated heterocycles. The van der Waals surface area contributed by atoms with Gasteiger partial charge >= 0.3 is 0 Å². The Bertz CT molecular complexity index is 1540. The highest BCUT2D eigenvalue weighted by atomic mass is 16.2. The molecule has 1 aromatic heterocycles. The summed E-state index contributed by atoms with van der Waals surface area (Å²) in [6, 6.07) is 25.7. The lowest BCUT2D eigenvalue weighted by molar-refractivity contribution is -0.123. The molecule has 2 aliphatic heterocycles. The van der Waals surface area contributed by atoms with E-state index in [-0.39, 0.29) is 24.0 Å². The van der Waals surface area contributed by atoms with E-state index in [2.05, 4.69) is 16.4 Å². The first-order chi connectivity index (χ1) is 16.1. The van der Waals surface area contributed by atoms with Crippen molar-refractivity contribution in [1.29, 1.82) is 5.26 Å². The van der Waals surface area contributed by atoms with Crippen molar-refractivity contribution in [3.05, 3.63) is 94.8 Å². The van der Waals surface area contributed by atoms with Gasteiger partial charge in [0, 0.05) is 22.4 Å². The van der Waals surface area contributed by atoms with E-state index in [1.807, 2.05) is 60.7 Å². The lowest BCUT2D eigenvalue weighted by atomic mass is 9.96. The molecule has 0 fully saturated rings. The first kappa shape index (κ1) is 19.0. The van der Waals surface area contributed by atoms with Gasteiger partial charge in [-0.25, -0.2) is 4.68 Å². The monoisotopic (exact) mass is 432 g/mol. The van der Waals surface area contributed by atoms with E-state index in [4.69, 9.17) is 5.10 Å². The molecule has 0 radical (unpaired) electrons. The molecule has 1 unspecified atom stereocenters. The summed E-state index contributed by atoms with van der Waals surface area (Å²) in [5, 5.41) is 17.5. The van der Waals surface area contributed by atoms with Crippen LogP contribution in [0.2, 0.25) is 0 Å². The number of nitriles is 1. The van der Waals surface area contributed by atoms with Crippen LogP contribution in [-0.2, 0) is 10.5 Å². The molecule has 4 aromatic rings. The van der Waals surface area contributed by atoms with Gasteiger partial charge in [-0.3, -0.25) is 14.5 Å². The van der Waals surface area contributed by atoms with Gasteiger partial charge in [0.1, 0.15) is 6.54 Å². The Kier molecular flexibility index (Phi) is 3.94. The van der Waals surface area contributed by atoms with Crippen LogP contribution in [0.25, 0.3) is 22.6 Å². The smallest absolute Gasteiger partial charge is 0.300 e. The maximum absolute atomic E-state index is 14.0. The first-order valence-electron chi connectivity index (χ1n) is 10.4. The van der Waals surface area contributed by atoms with Gasteiger partial charge < -0.3 is 5.32 Å². The number of carbonyl (C=O) groups excluding carboxylic acids is 1. The maximum Gasteiger partial charge on any atom is 0.300 e. The van der Waals surface area contributed by atoms with Crippen molar-refractivity contribution < 1.29 is 4.79 Å². The number of nitrogens with zero attached hydrogens (tertiary/aromatic N) is 5. The number of hydrogen-bond acceptors (Lipinski definition) is 6. The van der Waals surface area contributed by atoms with E-state index in [0.29, 0.717) is 28.1 Å². The topological polar surface area (TPSA) is 104 Å². The molecule has 1 amide bonds. The number of benzene rings is 3. The molecule has 1 spiro atoms. The number of carbonyl (C=O) groups is 1. The third kappa shape index (κ3) is 2.50. The average molecular weight is 432 g/mol. The number of hydrogen-bond donors (Lipinski definition) is 1. The molecule has 0 bridgehead atoms. The molecule has 33 heavy (non-hydrogen) atoms. The second-order valence-electron chi connectivity index (χ2n) is 7.81. The highest BCUT2D eigenvalue weighted by Crippen LogP contribution is 2.48. The number of para-hydroxylation sites is 2. The van der Waals surface area contributed by atoms with E-state index >= 15 is 0 Å². The third-order valence-electron chi connectivity index (χ3n) is 6.03. The Labute approximate surface area is 188 Å². The first-order valence-corrected chi connectivity index (χ1v) is 10.4. The van der Waals surface area contributed by atoms with E-state index in [1.165, 1.54) is 9.58 Å². The van der Waals surface area contributed by atoms with Crippen LogP contribution in [0.15, 0.2) is 83.7 Å². The fourth-order valence-electron chi connectivity index (χ4n) is 4.60. The van der Waals surface area contributed by atoms with E-state index in [9.17, 15) is 14.9 Å². The van der Waals surface area contributed by atoms with Crippen LogP contribution in [0.3, 0.4) is 0 Å². The molecular weight excluding hydrogens is 416 g/mol. The number of anilines is 2. The van der Waals surface area contributed by atoms with Crippen molar-refractivity contribution in [1.82, 2.24) is 14.8 Å². The Morgan fingerprint density at radius 2 is 1.67 bits per heavy atom. The Morgan fingerprint density at radius 3 is 2.48 bits per heavy atom. The minimum absolute atomic E-state index is 0.116. The summed E-state index contributed by atoms with van der Waals surface area (Å²) < 4.78 is 1.50. The van der Waals surface area contributed by atoms with Crippen LogP contribution in [0.1, 0.15) is 5.56 Å². The quantitative estimate of drug-likeness (QED) is 0.489. The lowest BCUT2D eigenvalue weighted by Gasteiger charge is -2.37. The van der Waals surface area contributed by atoms with Crippen molar-refractivity contribution in [2.75, 3.05) is 16.8 Å². The molecule has 3 heterocycles. The predicted molar refractivity (Wildman–Crippen MR) is 122 cm³/mol. The zero-order chi connectivity index (χ0) is 22.6. The lowest BCUT2D eigenvalue weighted by Crippen LogP contribution is -2.55. The van der Waals surface area contributed by atoms with Crippen LogP contribution < -0.4 is 15.8 Å². The second kappa shape index (κ2) is 6.87. The molecule has 8 nitrogen and oxygen atoms in total. The number of aromatic nitrogens is 3. The molecular formula is C25H16N6O2. The van der Waals surface area contributed by atoms with Crippen LogP contribution in [0.4, 0.5) is 11.4 Å². The fraction of sp³-hybridized carbons (Fsp3) is 0.0800. The molecule has 2 aliphatic rings. The zero-order valence-electron chi connectivity index (χ0n) is 17.3. The van der Waals surface area contributed by atoms with Crippen molar-refractivity contribution in [3.63, 3.8) is 0 Å². The summed E-state index contributed by atoms with van der Waals surface area (Å²) >= 11 is 0. The minimum atomic E-state index is -1.48. The van der Waals surface area contributed by atoms with Gasteiger partial charge in [-0.05, 0) is 18.2 Å². The highest BCUT2D eigenvalue weighted by Gasteiger charge is 2.56. The SMILES string of the molecule is N#CCN1C(=O)C2(Nc3ccccc3-c3nc(=O)c(-c4ccccc4)nn32)c2ccccc21. The van der Waals surface area contributed by atoms with E-state index in [0.717, 1.165) is 0 Å². The van der Waals surface area contributed by atoms with Gasteiger partial charge in [0.05, 0.1) is 11.8 Å². The number of fused-ring (bicyclic) bond motifs is 6. The fourth-order valence-corrected chi connectivity index (χ4v) is 4.60. The number of nitrogens with one attached hydrogen (secondary N) is 1. The van der Waals surface area contributed by atoms with Crippen molar-refractivity contribution >= 4 is 17.3 Å². The molecule has 6 rings (SSSR count). The molecule has 3 aromatic carbocycles. The number of amides is 1. The number of rotatable bonds is 2. The van der Waals surface area contributed by atoms with Gasteiger partial charge in [-0.2, -0.15) is 15.3 Å². The van der Waals surface area contributed by atoms with E-state index in [1.54, 1.807) is 18.2 Å². The van der Waals surface area contributed by atoms with E-state index < -0.39 is 11.2 Å². The largest absolute Gasteiger partial charge is 0.349 e. The van der Waals surface area contributed by atoms with Crippen LogP contribution in [0.5, 0.6) is 0 Å². The molecule has 1 N–H and O–H groups in total.